The Labute approximate surface area is 160 Å². The third-order valence-electron chi connectivity index (χ3n) is 5.38. The normalized spacial score (nSPS) is 21.9. The lowest BCUT2D eigenvalue weighted by atomic mass is 9.73. The van der Waals surface area contributed by atoms with Gasteiger partial charge in [-0.05, 0) is 35.6 Å². The fourth-order valence-corrected chi connectivity index (χ4v) is 4.04. The van der Waals surface area contributed by atoms with Gasteiger partial charge in [-0.2, -0.15) is 0 Å². The summed E-state index contributed by atoms with van der Waals surface area (Å²) >= 11 is 0. The Kier molecular flexibility index (Phi) is 4.50. The number of allylic oxidation sites excluding steroid dienone is 2. The number of hydrogen-bond donors (Lipinski definition) is 1. The number of hydrogen-bond acceptors (Lipinski definition) is 4. The molecule has 142 valence electrons. The van der Waals surface area contributed by atoms with Crippen molar-refractivity contribution >= 4 is 17.4 Å². The topological polar surface area (TPSA) is 89.3 Å². The molecule has 6 nitrogen and oxygen atoms in total. The largest absolute Gasteiger partial charge is 0.329 e. The summed E-state index contributed by atoms with van der Waals surface area (Å²) in [7, 11) is 0. The molecule has 0 radical (unpaired) electrons. The zero-order valence-electron chi connectivity index (χ0n) is 14.9. The summed E-state index contributed by atoms with van der Waals surface area (Å²) in [5.41, 5.74) is 2.70. The molecule has 4 rings (SSSR count). The lowest BCUT2D eigenvalue weighted by molar-refractivity contribution is -0.384. The first kappa shape index (κ1) is 18.0. The number of benzene rings is 2. The Morgan fingerprint density at radius 2 is 1.57 bits per heavy atom. The third kappa shape index (κ3) is 3.31. The summed E-state index contributed by atoms with van der Waals surface area (Å²) in [6, 6.07) is 12.0. The fourth-order valence-electron chi connectivity index (χ4n) is 4.04. The highest BCUT2D eigenvalue weighted by atomic mass is 19.1. The van der Waals surface area contributed by atoms with Gasteiger partial charge in [-0.1, -0.05) is 24.3 Å². The van der Waals surface area contributed by atoms with E-state index in [4.69, 9.17) is 0 Å². The standard InChI is InChI=1S/C21H17FN2O4/c22-15-5-1-12(2-6-15)14-9-18-21(19(25)10-14)17(11-20(26)23-18)13-3-7-16(8-4-13)24(27)28/h1-8,14,17H,9-11H2,(H,23,26). The number of nitrogens with one attached hydrogen (secondary N) is 1. The minimum absolute atomic E-state index is 0.0374. The summed E-state index contributed by atoms with van der Waals surface area (Å²) in [5, 5.41) is 13.7. The van der Waals surface area contributed by atoms with E-state index in [0.717, 1.165) is 5.56 Å². The summed E-state index contributed by atoms with van der Waals surface area (Å²) in [4.78, 5) is 35.6. The molecule has 28 heavy (non-hydrogen) atoms. The van der Waals surface area contributed by atoms with Gasteiger partial charge in [-0.25, -0.2) is 4.39 Å². The third-order valence-corrected chi connectivity index (χ3v) is 5.38. The fraction of sp³-hybridized carbons (Fsp3) is 0.238. The number of halogens is 1. The van der Waals surface area contributed by atoms with Crippen molar-refractivity contribution < 1.29 is 18.9 Å². The van der Waals surface area contributed by atoms with Crippen molar-refractivity contribution in [3.63, 3.8) is 0 Å². The molecule has 1 aliphatic heterocycles. The van der Waals surface area contributed by atoms with Crippen molar-refractivity contribution in [2.24, 2.45) is 0 Å². The van der Waals surface area contributed by atoms with Gasteiger partial charge in [-0.15, -0.1) is 0 Å². The predicted molar refractivity (Wildman–Crippen MR) is 99.0 cm³/mol. The van der Waals surface area contributed by atoms with E-state index in [1.807, 2.05) is 0 Å². The molecule has 1 N–H and O–H groups in total. The van der Waals surface area contributed by atoms with Crippen LogP contribution in [0.1, 0.15) is 42.2 Å². The Morgan fingerprint density at radius 1 is 0.929 bits per heavy atom. The Hall–Kier alpha value is -3.35. The summed E-state index contributed by atoms with van der Waals surface area (Å²) < 4.78 is 13.2. The van der Waals surface area contributed by atoms with Crippen molar-refractivity contribution in [2.75, 3.05) is 0 Å². The molecule has 1 heterocycles. The smallest absolute Gasteiger partial charge is 0.269 e. The highest BCUT2D eigenvalue weighted by Gasteiger charge is 2.38. The Morgan fingerprint density at radius 3 is 2.21 bits per heavy atom. The van der Waals surface area contributed by atoms with E-state index in [1.165, 1.54) is 24.3 Å². The van der Waals surface area contributed by atoms with Gasteiger partial charge in [-0.3, -0.25) is 19.7 Å². The quantitative estimate of drug-likeness (QED) is 0.649. The number of nitrogens with zero attached hydrogens (tertiary/aromatic N) is 1. The van der Waals surface area contributed by atoms with Gasteiger partial charge in [0.15, 0.2) is 5.78 Å². The first-order chi connectivity index (χ1) is 13.4. The number of rotatable bonds is 3. The number of nitro groups is 1. The number of amides is 1. The summed E-state index contributed by atoms with van der Waals surface area (Å²) in [6.07, 6.45) is 0.898. The van der Waals surface area contributed by atoms with Crippen molar-refractivity contribution in [1.29, 1.82) is 0 Å². The maximum atomic E-state index is 13.2. The molecule has 7 heteroatoms. The number of non-ortho nitro benzene ring substituents is 1. The van der Waals surface area contributed by atoms with Gasteiger partial charge in [0, 0.05) is 42.2 Å². The van der Waals surface area contributed by atoms with Crippen molar-refractivity contribution in [1.82, 2.24) is 5.32 Å². The molecule has 2 aromatic carbocycles. The minimum Gasteiger partial charge on any atom is -0.329 e. The highest BCUT2D eigenvalue weighted by Crippen LogP contribution is 2.42. The maximum absolute atomic E-state index is 13.2. The van der Waals surface area contributed by atoms with E-state index >= 15 is 0 Å². The zero-order chi connectivity index (χ0) is 19.8. The summed E-state index contributed by atoms with van der Waals surface area (Å²) in [6.45, 7) is 0. The lowest BCUT2D eigenvalue weighted by Crippen LogP contribution is -2.38. The molecule has 2 aliphatic rings. The van der Waals surface area contributed by atoms with Crippen molar-refractivity contribution in [3.05, 3.63) is 86.9 Å². The molecule has 1 aliphatic carbocycles. The molecule has 0 saturated heterocycles. The van der Waals surface area contributed by atoms with Crippen LogP contribution in [0.3, 0.4) is 0 Å². The molecule has 0 spiro atoms. The van der Waals surface area contributed by atoms with Gasteiger partial charge >= 0.3 is 0 Å². The van der Waals surface area contributed by atoms with Gasteiger partial charge in [0.2, 0.25) is 5.91 Å². The summed E-state index contributed by atoms with van der Waals surface area (Å²) in [5.74, 6) is -1.11. The van der Waals surface area contributed by atoms with Gasteiger partial charge in [0.25, 0.3) is 5.69 Å². The van der Waals surface area contributed by atoms with E-state index in [1.54, 1.807) is 24.3 Å². The van der Waals surface area contributed by atoms with E-state index in [-0.39, 0.29) is 42.0 Å². The SMILES string of the molecule is O=C1CC(c2ccc([N+](=O)[O-])cc2)C2=C(CC(c3ccc(F)cc3)CC2=O)N1. The second kappa shape index (κ2) is 6.99. The lowest BCUT2D eigenvalue weighted by Gasteiger charge is -2.34. The van der Waals surface area contributed by atoms with E-state index in [0.29, 0.717) is 23.3 Å². The highest BCUT2D eigenvalue weighted by molar-refractivity contribution is 6.02. The van der Waals surface area contributed by atoms with E-state index in [9.17, 15) is 24.1 Å². The number of ketones is 1. The Bertz CT molecular complexity index is 996. The number of carbonyl (C=O) groups is 2. The van der Waals surface area contributed by atoms with Gasteiger partial charge in [0.1, 0.15) is 5.82 Å². The number of nitro benzene ring substituents is 1. The second-order valence-electron chi connectivity index (χ2n) is 7.13. The molecule has 2 unspecified atom stereocenters. The molecule has 2 aromatic rings. The van der Waals surface area contributed by atoms with E-state index < -0.39 is 10.8 Å². The van der Waals surface area contributed by atoms with Crippen LogP contribution in [0.15, 0.2) is 59.8 Å². The molecule has 2 atom stereocenters. The molecular weight excluding hydrogens is 363 g/mol. The van der Waals surface area contributed by atoms with Crippen molar-refractivity contribution in [2.45, 2.75) is 31.1 Å². The number of carbonyl (C=O) groups excluding carboxylic acids is 2. The molecule has 0 aromatic heterocycles. The monoisotopic (exact) mass is 380 g/mol. The maximum Gasteiger partial charge on any atom is 0.269 e. The average molecular weight is 380 g/mol. The van der Waals surface area contributed by atoms with Crippen molar-refractivity contribution in [3.8, 4) is 0 Å². The van der Waals surface area contributed by atoms with Crippen LogP contribution in [-0.4, -0.2) is 16.6 Å². The van der Waals surface area contributed by atoms with Gasteiger partial charge in [0.05, 0.1) is 4.92 Å². The van der Waals surface area contributed by atoms with Crippen LogP contribution in [0.2, 0.25) is 0 Å². The minimum atomic E-state index is -0.485. The zero-order valence-corrected chi connectivity index (χ0v) is 14.9. The number of Topliss-reactive ketones (excluding diaryl/α,β-unsaturated/α-hetero) is 1. The molecule has 1 amide bonds. The van der Waals surface area contributed by atoms with Gasteiger partial charge < -0.3 is 5.32 Å². The Balaban J connectivity index is 1.68. The van der Waals surface area contributed by atoms with Crippen LogP contribution >= 0.6 is 0 Å². The molecule has 0 fully saturated rings. The van der Waals surface area contributed by atoms with E-state index in [2.05, 4.69) is 5.32 Å². The molecule has 0 saturated carbocycles. The van der Waals surface area contributed by atoms with Crippen LogP contribution in [0.25, 0.3) is 0 Å². The van der Waals surface area contributed by atoms with Crippen LogP contribution in [-0.2, 0) is 9.59 Å². The first-order valence-corrected chi connectivity index (χ1v) is 8.98. The second-order valence-corrected chi connectivity index (χ2v) is 7.13. The predicted octanol–water partition coefficient (Wildman–Crippen LogP) is 3.74. The average Bonchev–Trinajstić information content (AvgIpc) is 2.67. The first-order valence-electron chi connectivity index (χ1n) is 8.98. The van der Waals surface area contributed by atoms with Crippen LogP contribution in [0.5, 0.6) is 0 Å². The van der Waals surface area contributed by atoms with Crippen LogP contribution in [0.4, 0.5) is 10.1 Å². The molecule has 0 bridgehead atoms. The van der Waals surface area contributed by atoms with Crippen LogP contribution < -0.4 is 5.32 Å². The van der Waals surface area contributed by atoms with Crippen LogP contribution in [0, 0.1) is 15.9 Å². The molecular formula is C21H17FN2O4.